The summed E-state index contributed by atoms with van der Waals surface area (Å²) in [6, 6.07) is 1.37. The van der Waals surface area contributed by atoms with E-state index in [1.807, 2.05) is 20.8 Å². The maximum Gasteiger partial charge on any atom is 0.161 e. The third-order valence-corrected chi connectivity index (χ3v) is 3.67. The van der Waals surface area contributed by atoms with Crippen LogP contribution < -0.4 is 5.32 Å². The lowest BCUT2D eigenvalue weighted by molar-refractivity contribution is 0.0830. The molecule has 1 saturated heterocycles. The lowest BCUT2D eigenvalue weighted by atomic mass is 9.80. The molecule has 0 unspecified atom stereocenters. The molecular weight excluding hydrogens is 301 g/mol. The number of nitrogens with zero attached hydrogens (tertiary/aromatic N) is 1. The number of hydrogen-bond donors (Lipinski definition) is 1. The van der Waals surface area contributed by atoms with Gasteiger partial charge in [-0.15, -0.1) is 12.4 Å². The Balaban J connectivity index is 0.00000220. The summed E-state index contributed by atoms with van der Waals surface area (Å²) in [5.74, 6) is -2.81. The number of hydrogen-bond acceptors (Lipinski definition) is 2. The smallest absolute Gasteiger partial charge is 0.161 e. The first-order valence-corrected chi connectivity index (χ1v) is 6.90. The highest BCUT2D eigenvalue weighted by Crippen LogP contribution is 2.39. The summed E-state index contributed by atoms with van der Waals surface area (Å²) in [6.45, 7) is 9.12. The molecule has 0 bridgehead atoms. The normalized spacial score (nSPS) is 18.2. The molecule has 120 valence electrons. The van der Waals surface area contributed by atoms with Crippen molar-refractivity contribution in [2.24, 2.45) is 5.41 Å². The van der Waals surface area contributed by atoms with Gasteiger partial charge in [-0.2, -0.15) is 0 Å². The second kappa shape index (κ2) is 6.99. The summed E-state index contributed by atoms with van der Waals surface area (Å²) in [5, 5.41) is 3.24. The van der Waals surface area contributed by atoms with Crippen molar-refractivity contribution in [3.8, 4) is 0 Å². The molecule has 21 heavy (non-hydrogen) atoms. The molecule has 1 aliphatic heterocycles. The summed E-state index contributed by atoms with van der Waals surface area (Å²) in [7, 11) is 0. The van der Waals surface area contributed by atoms with Gasteiger partial charge in [0.05, 0.1) is 0 Å². The Morgan fingerprint density at radius 2 is 1.52 bits per heavy atom. The van der Waals surface area contributed by atoms with Gasteiger partial charge in [-0.3, -0.25) is 4.90 Å². The minimum absolute atomic E-state index is 0. The standard InChI is InChI=1S/C15H21F3N2.ClH/c1-15(2,3)14(20-6-4-19-5-7-20)10-8-12(17)13(18)9-11(10)16;/h8-9,14,19H,4-7H2,1-3H3;1H/t14-;/m0./s1. The minimum Gasteiger partial charge on any atom is -0.314 e. The molecular formula is C15H22ClF3N2. The predicted molar refractivity (Wildman–Crippen MR) is 80.2 cm³/mol. The van der Waals surface area contributed by atoms with E-state index in [-0.39, 0.29) is 29.4 Å². The van der Waals surface area contributed by atoms with E-state index in [4.69, 9.17) is 0 Å². The zero-order chi connectivity index (χ0) is 14.9. The molecule has 0 radical (unpaired) electrons. The fourth-order valence-corrected chi connectivity index (χ4v) is 2.90. The Labute approximate surface area is 130 Å². The van der Waals surface area contributed by atoms with Crippen molar-refractivity contribution >= 4 is 12.4 Å². The molecule has 0 aromatic heterocycles. The fraction of sp³-hybridized carbons (Fsp3) is 0.600. The molecule has 1 heterocycles. The van der Waals surface area contributed by atoms with Crippen molar-refractivity contribution < 1.29 is 13.2 Å². The predicted octanol–water partition coefficient (Wildman–Crippen LogP) is 3.52. The molecule has 0 saturated carbocycles. The van der Waals surface area contributed by atoms with Crippen LogP contribution in [0.25, 0.3) is 0 Å². The largest absolute Gasteiger partial charge is 0.314 e. The number of halogens is 4. The van der Waals surface area contributed by atoms with Crippen LogP contribution in [0.2, 0.25) is 0 Å². The zero-order valence-electron chi connectivity index (χ0n) is 12.5. The van der Waals surface area contributed by atoms with Crippen molar-refractivity contribution in [2.75, 3.05) is 26.2 Å². The van der Waals surface area contributed by atoms with Crippen molar-refractivity contribution in [1.82, 2.24) is 10.2 Å². The summed E-state index contributed by atoms with van der Waals surface area (Å²) in [4.78, 5) is 2.13. The molecule has 2 nitrogen and oxygen atoms in total. The Morgan fingerprint density at radius 1 is 1.00 bits per heavy atom. The fourth-order valence-electron chi connectivity index (χ4n) is 2.90. The van der Waals surface area contributed by atoms with Gasteiger partial charge in [-0.25, -0.2) is 13.2 Å². The van der Waals surface area contributed by atoms with Gasteiger partial charge in [0.1, 0.15) is 5.82 Å². The van der Waals surface area contributed by atoms with Crippen molar-refractivity contribution in [3.05, 3.63) is 35.1 Å². The molecule has 0 spiro atoms. The van der Waals surface area contributed by atoms with E-state index in [9.17, 15) is 13.2 Å². The van der Waals surface area contributed by atoms with Crippen LogP contribution in [0.3, 0.4) is 0 Å². The Hall–Kier alpha value is -0.780. The first kappa shape index (κ1) is 18.3. The molecule has 1 fully saturated rings. The topological polar surface area (TPSA) is 15.3 Å². The van der Waals surface area contributed by atoms with Gasteiger partial charge in [0.25, 0.3) is 0 Å². The van der Waals surface area contributed by atoms with Gasteiger partial charge < -0.3 is 5.32 Å². The number of nitrogens with one attached hydrogen (secondary N) is 1. The van der Waals surface area contributed by atoms with E-state index >= 15 is 0 Å². The first-order chi connectivity index (χ1) is 9.30. The second-order valence-electron chi connectivity index (χ2n) is 6.34. The number of benzene rings is 1. The molecule has 1 aliphatic rings. The maximum atomic E-state index is 14.1. The van der Waals surface area contributed by atoms with Crippen LogP contribution in [-0.2, 0) is 0 Å². The number of rotatable bonds is 2. The molecule has 1 aromatic carbocycles. The van der Waals surface area contributed by atoms with Crippen LogP contribution in [0.1, 0.15) is 32.4 Å². The lowest BCUT2D eigenvalue weighted by Crippen LogP contribution is -2.48. The minimum atomic E-state index is -1.14. The molecule has 1 N–H and O–H groups in total. The summed E-state index contributed by atoms with van der Waals surface area (Å²) in [6.07, 6.45) is 0. The van der Waals surface area contributed by atoms with Crippen molar-refractivity contribution in [3.63, 3.8) is 0 Å². The van der Waals surface area contributed by atoms with Gasteiger partial charge in [-0.05, 0) is 11.5 Å². The Kier molecular flexibility index (Phi) is 6.08. The van der Waals surface area contributed by atoms with E-state index < -0.39 is 17.5 Å². The van der Waals surface area contributed by atoms with Crippen LogP contribution in [0.5, 0.6) is 0 Å². The van der Waals surface area contributed by atoms with Gasteiger partial charge in [0.15, 0.2) is 11.6 Å². The van der Waals surface area contributed by atoms with Gasteiger partial charge in [0, 0.05) is 43.9 Å². The van der Waals surface area contributed by atoms with Gasteiger partial charge >= 0.3 is 0 Å². The summed E-state index contributed by atoms with van der Waals surface area (Å²) in [5.41, 5.74) is -0.0408. The third-order valence-electron chi connectivity index (χ3n) is 3.67. The molecule has 0 amide bonds. The Bertz CT molecular complexity index is 483. The van der Waals surface area contributed by atoms with Gasteiger partial charge in [-0.1, -0.05) is 20.8 Å². The highest BCUT2D eigenvalue weighted by atomic mass is 35.5. The summed E-state index contributed by atoms with van der Waals surface area (Å²) >= 11 is 0. The van der Waals surface area contributed by atoms with E-state index in [0.717, 1.165) is 32.2 Å². The monoisotopic (exact) mass is 322 g/mol. The second-order valence-corrected chi connectivity index (χ2v) is 6.34. The molecule has 6 heteroatoms. The zero-order valence-corrected chi connectivity index (χ0v) is 13.4. The average molecular weight is 323 g/mol. The van der Waals surface area contributed by atoms with Crippen LogP contribution in [0.15, 0.2) is 12.1 Å². The lowest BCUT2D eigenvalue weighted by Gasteiger charge is -2.42. The number of piperazine rings is 1. The van der Waals surface area contributed by atoms with Crippen LogP contribution in [0, 0.1) is 22.9 Å². The quantitative estimate of drug-likeness (QED) is 0.838. The Morgan fingerprint density at radius 3 is 2.05 bits per heavy atom. The first-order valence-electron chi connectivity index (χ1n) is 6.90. The van der Waals surface area contributed by atoms with E-state index in [1.165, 1.54) is 0 Å². The SMILES string of the molecule is CC(C)(C)[C@H](c1cc(F)c(F)cc1F)N1CCNCC1.Cl. The van der Waals surface area contributed by atoms with E-state index in [0.29, 0.717) is 6.07 Å². The average Bonchev–Trinajstić information content (AvgIpc) is 2.35. The highest BCUT2D eigenvalue weighted by molar-refractivity contribution is 5.85. The van der Waals surface area contributed by atoms with Crippen LogP contribution in [-0.4, -0.2) is 31.1 Å². The third kappa shape index (κ3) is 4.11. The molecule has 1 atom stereocenters. The summed E-state index contributed by atoms with van der Waals surface area (Å²) < 4.78 is 40.7. The molecule has 2 rings (SSSR count). The molecule has 1 aromatic rings. The van der Waals surface area contributed by atoms with Crippen molar-refractivity contribution in [2.45, 2.75) is 26.8 Å². The van der Waals surface area contributed by atoms with Crippen molar-refractivity contribution in [1.29, 1.82) is 0 Å². The van der Waals surface area contributed by atoms with E-state index in [1.54, 1.807) is 0 Å². The van der Waals surface area contributed by atoms with E-state index in [2.05, 4.69) is 10.2 Å². The van der Waals surface area contributed by atoms with Crippen LogP contribution in [0.4, 0.5) is 13.2 Å². The van der Waals surface area contributed by atoms with Crippen LogP contribution >= 0.6 is 12.4 Å². The maximum absolute atomic E-state index is 14.1. The highest BCUT2D eigenvalue weighted by Gasteiger charge is 2.35. The molecule has 0 aliphatic carbocycles. The van der Waals surface area contributed by atoms with Gasteiger partial charge in [0.2, 0.25) is 0 Å².